The Morgan fingerprint density at radius 1 is 0.395 bits per heavy atom. The molecule has 0 amide bonds. The number of carbonyl (C=O) groups excluding carboxylic acids is 6. The minimum absolute atomic E-state index is 0.470. The Bertz CT molecular complexity index is 3560. The monoisotopic (exact) mass is 1340 g/mol. The zero-order valence-corrected chi connectivity index (χ0v) is 51.9. The van der Waals surface area contributed by atoms with Crippen molar-refractivity contribution in [3.8, 4) is 0 Å². The summed E-state index contributed by atoms with van der Waals surface area (Å²) in [7, 11) is 0. The van der Waals surface area contributed by atoms with Gasteiger partial charge in [-0.25, -0.2) is 19.2 Å². The van der Waals surface area contributed by atoms with Crippen LogP contribution in [0.2, 0.25) is 0 Å². The summed E-state index contributed by atoms with van der Waals surface area (Å²) in [5, 5.41) is 0. The summed E-state index contributed by atoms with van der Waals surface area (Å²) in [6.07, 6.45) is 9.27. The number of hydrogen-bond acceptors (Lipinski definition) is 14. The van der Waals surface area contributed by atoms with E-state index in [1.165, 1.54) is 40.5 Å². The van der Waals surface area contributed by atoms with Gasteiger partial charge in [-0.1, -0.05) is 162 Å². The van der Waals surface area contributed by atoms with Gasteiger partial charge in [-0.15, -0.1) is 0 Å². The molecule has 0 saturated heterocycles. The van der Waals surface area contributed by atoms with Gasteiger partial charge >= 0.3 is 9.40 Å². The van der Waals surface area contributed by atoms with E-state index in [-0.39, 0.29) is 0 Å². The maximum absolute atomic E-state index is 10.5. The topological polar surface area (TPSA) is 256 Å². The van der Waals surface area contributed by atoms with E-state index < -0.39 is 9.40 Å². The summed E-state index contributed by atoms with van der Waals surface area (Å²) in [4.78, 5) is 73.6. The molecule has 19 heteroatoms. The first kappa shape index (κ1) is 71.2. The first-order valence-electron chi connectivity index (χ1n) is 26.1. The predicted molar refractivity (Wildman–Crippen MR) is 362 cm³/mol. The Labute approximate surface area is 535 Å². The maximum Gasteiger partial charge on any atom is 0.313 e. The Hall–Kier alpha value is -9.07. The number of anilines is 4. The number of para-hydroxylation sites is 1. The summed E-state index contributed by atoms with van der Waals surface area (Å²) in [5.74, 6) is 0. The van der Waals surface area contributed by atoms with Crippen molar-refractivity contribution in [2.45, 2.75) is 39.5 Å². The van der Waals surface area contributed by atoms with Crippen molar-refractivity contribution in [3.63, 3.8) is 0 Å². The summed E-state index contributed by atoms with van der Waals surface area (Å²) < 4.78 is 4.42. The van der Waals surface area contributed by atoms with Crippen LogP contribution in [-0.4, -0.2) is 38.6 Å². The number of alkyl halides is 1. The van der Waals surface area contributed by atoms with E-state index in [9.17, 15) is 19.2 Å². The second-order valence-electron chi connectivity index (χ2n) is 17.7. The van der Waals surface area contributed by atoms with Crippen LogP contribution >= 0.6 is 69.0 Å². The molecular weight excluding hydrogens is 1280 g/mol. The van der Waals surface area contributed by atoms with Crippen LogP contribution in [0.15, 0.2) is 238 Å². The van der Waals surface area contributed by atoms with Crippen molar-refractivity contribution in [3.05, 3.63) is 274 Å². The highest BCUT2D eigenvalue weighted by atomic mass is 127. The summed E-state index contributed by atoms with van der Waals surface area (Å²) in [6, 6.07) is 69.7. The Morgan fingerprint density at radius 2 is 0.686 bits per heavy atom. The highest BCUT2D eigenvalue weighted by Crippen LogP contribution is 2.25. The van der Waals surface area contributed by atoms with Crippen LogP contribution < -0.4 is 22.9 Å². The SMILES string of the molecule is Cc1ccc(Cc2ccc(N=C=O)cc2)c(N=C=O)c1.Cc1ccccc1.Nc1ccc(Cc2ccc(N)cc2)cc1.Nc1ccc(Cc2ccccc2N)cc1.O=C(Cl)Cl.O=C(Cl)Cl.O=C=Nc1ccc(Cc2ccc(N=C=O)cc2)cc1.[2H]CI. The maximum atomic E-state index is 10.5. The molecule has 9 rings (SSSR count). The number of nitrogen functional groups attached to an aromatic ring is 4. The van der Waals surface area contributed by atoms with E-state index in [4.69, 9.17) is 33.9 Å². The number of isocyanates is 4. The smallest absolute Gasteiger partial charge is 0.313 e. The average Bonchev–Trinajstić information content (AvgIpc) is 3.59. The van der Waals surface area contributed by atoms with Gasteiger partial charge in [-0.3, -0.25) is 9.59 Å². The van der Waals surface area contributed by atoms with Gasteiger partial charge in [-0.2, -0.15) is 20.0 Å². The quantitative estimate of drug-likeness (QED) is 0.0225. The molecule has 0 spiro atoms. The van der Waals surface area contributed by atoms with Crippen molar-refractivity contribution in [2.24, 2.45) is 20.0 Å². The molecular formula is C67H61Cl4IN8O6. The van der Waals surface area contributed by atoms with Crippen LogP contribution in [-0.2, 0) is 44.9 Å². The number of benzene rings is 9. The molecule has 0 aromatic heterocycles. The molecule has 8 N–H and O–H groups in total. The van der Waals surface area contributed by atoms with Gasteiger partial charge < -0.3 is 22.9 Å². The first-order chi connectivity index (χ1) is 41.8. The minimum Gasteiger partial charge on any atom is -0.399 e. The largest absolute Gasteiger partial charge is 0.399 e. The molecule has 86 heavy (non-hydrogen) atoms. The van der Waals surface area contributed by atoms with E-state index in [2.05, 4.69) is 85.4 Å². The standard InChI is InChI=1S/C16H12N2O2.C15H10N2O2.2C13H14N2.C7H8.2CCl2O.CH3I/c1-12-2-5-14(16(8-12)18-11-20)9-13-3-6-15(7-4-13)17-10-19;18-10-16-14-5-1-12(2-6-14)9-13-3-7-15(8-4-13)17-11-19;14-12-5-1-10(2-6-12)9-11-3-7-13(15)8-4-11;14-12-7-5-10(6-8-12)9-11-3-1-2-4-13(11)15;1-7-5-3-2-4-6-7;2*2-1(3)4;1-2/h2-8H,9H2,1H3;1-8H,9H2;2*1-8H,9,14-15H2;2-6H,1H3;;;1H3/i;;;;;;;1D. The van der Waals surface area contributed by atoms with Crippen LogP contribution in [0.5, 0.6) is 0 Å². The summed E-state index contributed by atoms with van der Waals surface area (Å²) in [5.41, 5.74) is 39.8. The van der Waals surface area contributed by atoms with Crippen LogP contribution in [0.3, 0.4) is 0 Å². The van der Waals surface area contributed by atoms with E-state index in [0.717, 1.165) is 75.4 Å². The molecule has 0 atom stereocenters. The molecule has 0 unspecified atom stereocenters. The lowest BCUT2D eigenvalue weighted by Gasteiger charge is -2.06. The number of nitrogens with zero attached hydrogens (tertiary/aromatic N) is 4. The molecule has 14 nitrogen and oxygen atoms in total. The fourth-order valence-electron chi connectivity index (χ4n) is 7.25. The highest BCUT2D eigenvalue weighted by Gasteiger charge is 2.05. The number of halogens is 5. The van der Waals surface area contributed by atoms with E-state index in [0.29, 0.717) is 34.1 Å². The number of rotatable bonds is 12. The van der Waals surface area contributed by atoms with Gasteiger partial charge in [0.1, 0.15) is 0 Å². The number of aliphatic imine (C=N–C) groups is 4. The third kappa shape index (κ3) is 33.3. The second kappa shape index (κ2) is 43.6. The molecule has 0 bridgehead atoms. The second-order valence-corrected chi connectivity index (χ2v) is 19.4. The Morgan fingerprint density at radius 3 is 0.988 bits per heavy atom. The first-order valence-corrected chi connectivity index (χ1v) is 28.5. The molecule has 9 aromatic rings. The molecule has 0 aliphatic heterocycles. The molecule has 0 aliphatic carbocycles. The van der Waals surface area contributed by atoms with E-state index in [1.807, 2.05) is 199 Å². The molecule has 0 aliphatic rings. The summed E-state index contributed by atoms with van der Waals surface area (Å²) >= 11 is 19.6. The lowest BCUT2D eigenvalue weighted by Crippen LogP contribution is -1.95. The third-order valence-electron chi connectivity index (χ3n) is 11.3. The van der Waals surface area contributed by atoms with Crippen molar-refractivity contribution in [2.75, 3.05) is 27.8 Å². The molecule has 9 aromatic carbocycles. The zero-order valence-electron chi connectivity index (χ0n) is 47.8. The molecule has 0 radical (unpaired) electrons. The van der Waals surface area contributed by atoms with Crippen LogP contribution in [0.25, 0.3) is 0 Å². The Kier molecular flexibility index (Phi) is 36.1. The van der Waals surface area contributed by atoms with Gasteiger partial charge in [0.25, 0.3) is 0 Å². The lowest BCUT2D eigenvalue weighted by atomic mass is 10.0. The number of aryl methyl sites for hydroxylation is 2. The molecule has 440 valence electrons. The van der Waals surface area contributed by atoms with Crippen LogP contribution in [0.1, 0.15) is 57.0 Å². The number of carbonyl (C=O) groups is 2. The number of nitrogens with two attached hydrogens (primary N) is 4. The lowest BCUT2D eigenvalue weighted by molar-refractivity contribution is 0.274. The van der Waals surface area contributed by atoms with Gasteiger partial charge in [0, 0.05) is 24.1 Å². The van der Waals surface area contributed by atoms with Crippen molar-refractivity contribution < 1.29 is 30.1 Å². The molecule has 0 heterocycles. The van der Waals surface area contributed by atoms with Crippen molar-refractivity contribution in [1.29, 1.82) is 0 Å². The van der Waals surface area contributed by atoms with Crippen LogP contribution in [0, 0.1) is 13.8 Å². The fraction of sp³-hybridized carbons (Fsp3) is 0.104. The normalized spacial score (nSPS) is 9.31. The zero-order chi connectivity index (χ0) is 64.2. The number of hydrogen-bond donors (Lipinski definition) is 4. The van der Waals surface area contributed by atoms with Crippen molar-refractivity contribution in [1.82, 2.24) is 0 Å². The minimum atomic E-state index is -0.889. The van der Waals surface area contributed by atoms with E-state index >= 15 is 0 Å². The highest BCUT2D eigenvalue weighted by molar-refractivity contribution is 14.1. The van der Waals surface area contributed by atoms with Gasteiger partial charge in [0.2, 0.25) is 24.3 Å². The fourth-order valence-corrected chi connectivity index (χ4v) is 7.25. The third-order valence-corrected chi connectivity index (χ3v) is 11.3. The molecule has 0 fully saturated rings. The Balaban J connectivity index is 0.000000362. The van der Waals surface area contributed by atoms with Gasteiger partial charge in [-0.05, 0) is 226 Å². The van der Waals surface area contributed by atoms with E-state index in [1.54, 1.807) is 42.5 Å². The predicted octanol–water partition coefficient (Wildman–Crippen LogP) is 17.8. The van der Waals surface area contributed by atoms with Gasteiger partial charge in [0.15, 0.2) is 0 Å². The van der Waals surface area contributed by atoms with Crippen LogP contribution in [0.4, 0.5) is 55.1 Å². The van der Waals surface area contributed by atoms with Crippen molar-refractivity contribution >= 4 is 148 Å². The summed E-state index contributed by atoms with van der Waals surface area (Å²) in [6.45, 7) is 4.03. The molecule has 0 saturated carbocycles. The average molecular weight is 1340 g/mol. The van der Waals surface area contributed by atoms with Gasteiger partial charge in [0.05, 0.1) is 22.7 Å².